The van der Waals surface area contributed by atoms with Gasteiger partial charge in [0.15, 0.2) is 0 Å². The first kappa shape index (κ1) is 20.8. The molecule has 0 aliphatic carbocycles. The van der Waals surface area contributed by atoms with Crippen LogP contribution in [0.25, 0.3) is 5.76 Å². The van der Waals surface area contributed by atoms with E-state index in [2.05, 4.69) is 0 Å². The number of aliphatic hydroxyl groups excluding tert-OH is 1. The standard InChI is InChI=1S/C26H27NO5/c1-15-5-3-6-17(11-15)23-22(25(29)26(30)27(23)14-20-7-4-10-31-20)24(28)18-8-9-21-19(13-18)12-16(2)32-21/h3,5-6,8-9,11,13,16,20,23,28H,4,7,10,12,14H2,1-2H3/b24-22-. The molecular formula is C26H27NO5. The highest BCUT2D eigenvalue weighted by atomic mass is 16.5. The third-order valence-corrected chi connectivity index (χ3v) is 6.49. The van der Waals surface area contributed by atoms with E-state index < -0.39 is 17.7 Å². The van der Waals surface area contributed by atoms with Crippen LogP contribution < -0.4 is 4.74 Å². The molecule has 0 aromatic heterocycles. The van der Waals surface area contributed by atoms with Crippen LogP contribution in [-0.2, 0) is 20.7 Å². The van der Waals surface area contributed by atoms with Gasteiger partial charge in [-0.1, -0.05) is 29.8 Å². The Bertz CT molecular complexity index is 1110. The summed E-state index contributed by atoms with van der Waals surface area (Å²) in [5.41, 5.74) is 3.47. The number of benzene rings is 2. The van der Waals surface area contributed by atoms with Crippen LogP contribution in [-0.4, -0.2) is 47.1 Å². The number of carbonyl (C=O) groups excluding carboxylic acids is 2. The molecular weight excluding hydrogens is 406 g/mol. The van der Waals surface area contributed by atoms with E-state index in [0.717, 1.165) is 41.7 Å². The summed E-state index contributed by atoms with van der Waals surface area (Å²) >= 11 is 0. The molecule has 3 aliphatic heterocycles. The molecule has 2 saturated heterocycles. The molecule has 3 atom stereocenters. The Hall–Kier alpha value is -3.12. The van der Waals surface area contributed by atoms with Gasteiger partial charge in [-0.25, -0.2) is 0 Å². The van der Waals surface area contributed by atoms with E-state index in [1.165, 1.54) is 0 Å². The van der Waals surface area contributed by atoms with Gasteiger partial charge in [0, 0.05) is 25.1 Å². The molecule has 3 aliphatic rings. The molecule has 3 heterocycles. The predicted octanol–water partition coefficient (Wildman–Crippen LogP) is 3.92. The minimum atomic E-state index is -0.655. The fourth-order valence-corrected chi connectivity index (χ4v) is 4.99. The average Bonchev–Trinajstić information content (AvgIpc) is 3.47. The smallest absolute Gasteiger partial charge is 0.295 e. The molecule has 0 spiro atoms. The minimum Gasteiger partial charge on any atom is -0.507 e. The number of carbonyl (C=O) groups is 2. The first-order valence-electron chi connectivity index (χ1n) is 11.2. The summed E-state index contributed by atoms with van der Waals surface area (Å²) in [7, 11) is 0. The second-order valence-electron chi connectivity index (χ2n) is 8.96. The van der Waals surface area contributed by atoms with Crippen molar-refractivity contribution in [1.82, 2.24) is 4.90 Å². The van der Waals surface area contributed by atoms with Crippen LogP contribution in [0, 0.1) is 6.92 Å². The number of likely N-dealkylation sites (tertiary alicyclic amines) is 1. The maximum Gasteiger partial charge on any atom is 0.295 e. The van der Waals surface area contributed by atoms with Crippen LogP contribution in [0.4, 0.5) is 0 Å². The van der Waals surface area contributed by atoms with Gasteiger partial charge in [0.2, 0.25) is 0 Å². The lowest BCUT2D eigenvalue weighted by molar-refractivity contribution is -0.140. The Kier molecular flexibility index (Phi) is 5.25. The van der Waals surface area contributed by atoms with Crippen molar-refractivity contribution in [3.63, 3.8) is 0 Å². The van der Waals surface area contributed by atoms with E-state index in [0.29, 0.717) is 18.7 Å². The second kappa shape index (κ2) is 8.10. The Morgan fingerprint density at radius 1 is 1.19 bits per heavy atom. The Morgan fingerprint density at radius 3 is 2.78 bits per heavy atom. The third kappa shape index (κ3) is 3.58. The molecule has 6 nitrogen and oxygen atoms in total. The van der Waals surface area contributed by atoms with Crippen LogP contribution in [0.1, 0.15) is 48.1 Å². The number of ether oxygens (including phenoxy) is 2. The zero-order valence-electron chi connectivity index (χ0n) is 18.3. The van der Waals surface area contributed by atoms with Gasteiger partial charge in [0.1, 0.15) is 17.6 Å². The summed E-state index contributed by atoms with van der Waals surface area (Å²) in [5, 5.41) is 11.3. The molecule has 6 heteroatoms. The van der Waals surface area contributed by atoms with E-state index in [1.54, 1.807) is 11.0 Å². The average molecular weight is 434 g/mol. The van der Waals surface area contributed by atoms with Gasteiger partial charge in [-0.2, -0.15) is 0 Å². The SMILES string of the molecule is Cc1cccc(C2/C(=C(/O)c3ccc4c(c3)CC(C)O4)C(=O)C(=O)N2CC2CCCO2)c1. The Labute approximate surface area is 187 Å². The maximum atomic E-state index is 13.2. The number of aryl methyl sites for hydroxylation is 1. The monoisotopic (exact) mass is 433 g/mol. The number of aliphatic hydroxyl groups is 1. The van der Waals surface area contributed by atoms with Crippen LogP contribution in [0.15, 0.2) is 48.0 Å². The summed E-state index contributed by atoms with van der Waals surface area (Å²) in [6.07, 6.45) is 2.52. The molecule has 2 aromatic carbocycles. The number of amides is 1. The molecule has 166 valence electrons. The highest BCUT2D eigenvalue weighted by molar-refractivity contribution is 6.46. The van der Waals surface area contributed by atoms with E-state index >= 15 is 0 Å². The van der Waals surface area contributed by atoms with Crippen molar-refractivity contribution in [2.45, 2.75) is 51.4 Å². The van der Waals surface area contributed by atoms with Crippen molar-refractivity contribution in [1.29, 1.82) is 0 Å². The Morgan fingerprint density at radius 2 is 2.03 bits per heavy atom. The lowest BCUT2D eigenvalue weighted by Gasteiger charge is -2.27. The topological polar surface area (TPSA) is 76.1 Å². The molecule has 3 unspecified atom stereocenters. The highest BCUT2D eigenvalue weighted by Crippen LogP contribution is 2.41. The highest BCUT2D eigenvalue weighted by Gasteiger charge is 2.47. The van der Waals surface area contributed by atoms with Crippen LogP contribution in [0.2, 0.25) is 0 Å². The van der Waals surface area contributed by atoms with Crippen molar-refractivity contribution in [3.05, 3.63) is 70.3 Å². The van der Waals surface area contributed by atoms with E-state index in [4.69, 9.17) is 9.47 Å². The first-order valence-corrected chi connectivity index (χ1v) is 11.2. The molecule has 5 rings (SSSR count). The molecule has 0 bridgehead atoms. The van der Waals surface area contributed by atoms with E-state index in [1.807, 2.05) is 50.2 Å². The van der Waals surface area contributed by atoms with Gasteiger partial charge in [-0.15, -0.1) is 0 Å². The lowest BCUT2D eigenvalue weighted by Crippen LogP contribution is -2.36. The summed E-state index contributed by atoms with van der Waals surface area (Å²) in [6.45, 7) is 4.96. The first-order chi connectivity index (χ1) is 15.4. The van der Waals surface area contributed by atoms with Crippen molar-refractivity contribution in [3.8, 4) is 5.75 Å². The van der Waals surface area contributed by atoms with Crippen molar-refractivity contribution in [2.24, 2.45) is 0 Å². The Balaban J connectivity index is 1.60. The van der Waals surface area contributed by atoms with E-state index in [-0.39, 0.29) is 23.5 Å². The van der Waals surface area contributed by atoms with Crippen LogP contribution in [0.5, 0.6) is 5.75 Å². The van der Waals surface area contributed by atoms with Gasteiger partial charge in [0.25, 0.3) is 11.7 Å². The zero-order chi connectivity index (χ0) is 22.4. The number of fused-ring (bicyclic) bond motifs is 1. The summed E-state index contributed by atoms with van der Waals surface area (Å²) in [6, 6.07) is 12.5. The van der Waals surface area contributed by atoms with Crippen molar-refractivity contribution in [2.75, 3.05) is 13.2 Å². The number of hydrogen-bond donors (Lipinski definition) is 1. The number of ketones is 1. The van der Waals surface area contributed by atoms with Crippen LogP contribution >= 0.6 is 0 Å². The number of hydrogen-bond acceptors (Lipinski definition) is 5. The molecule has 2 fully saturated rings. The molecule has 1 N–H and O–H groups in total. The third-order valence-electron chi connectivity index (χ3n) is 6.49. The molecule has 32 heavy (non-hydrogen) atoms. The molecule has 2 aromatic rings. The summed E-state index contributed by atoms with van der Waals surface area (Å²) < 4.78 is 11.5. The fraction of sp³-hybridized carbons (Fsp3) is 0.385. The normalized spacial score (nSPS) is 26.4. The second-order valence-corrected chi connectivity index (χ2v) is 8.96. The van der Waals surface area contributed by atoms with Gasteiger partial charge < -0.3 is 19.5 Å². The fourth-order valence-electron chi connectivity index (χ4n) is 4.99. The van der Waals surface area contributed by atoms with Crippen LogP contribution in [0.3, 0.4) is 0 Å². The number of nitrogens with zero attached hydrogens (tertiary/aromatic N) is 1. The number of rotatable bonds is 4. The predicted molar refractivity (Wildman–Crippen MR) is 119 cm³/mol. The van der Waals surface area contributed by atoms with Gasteiger partial charge in [-0.05, 0) is 56.0 Å². The van der Waals surface area contributed by atoms with Crippen molar-refractivity contribution < 1.29 is 24.2 Å². The summed E-state index contributed by atoms with van der Waals surface area (Å²) in [5.74, 6) is -0.598. The quantitative estimate of drug-likeness (QED) is 0.449. The largest absolute Gasteiger partial charge is 0.507 e. The minimum absolute atomic E-state index is 0.0756. The number of Topliss-reactive ketones (excluding diaryl/α,β-unsaturated/α-hetero) is 1. The molecule has 0 radical (unpaired) electrons. The van der Waals surface area contributed by atoms with Gasteiger partial charge in [-0.3, -0.25) is 9.59 Å². The lowest BCUT2D eigenvalue weighted by atomic mass is 9.93. The maximum absolute atomic E-state index is 13.2. The molecule has 0 saturated carbocycles. The van der Waals surface area contributed by atoms with Crippen molar-refractivity contribution >= 4 is 17.4 Å². The van der Waals surface area contributed by atoms with Gasteiger partial charge >= 0.3 is 0 Å². The van der Waals surface area contributed by atoms with Gasteiger partial charge in [0.05, 0.1) is 17.7 Å². The summed E-state index contributed by atoms with van der Waals surface area (Å²) in [4.78, 5) is 27.8. The van der Waals surface area contributed by atoms with E-state index in [9.17, 15) is 14.7 Å². The molecule has 1 amide bonds. The zero-order valence-corrected chi connectivity index (χ0v) is 18.3.